The third kappa shape index (κ3) is 2.92. The van der Waals surface area contributed by atoms with Crippen LogP contribution in [0.2, 0.25) is 0 Å². The zero-order valence-electron chi connectivity index (χ0n) is 11.8. The van der Waals surface area contributed by atoms with Crippen molar-refractivity contribution in [3.63, 3.8) is 0 Å². The monoisotopic (exact) mass is 291 g/mol. The van der Waals surface area contributed by atoms with Gasteiger partial charge in [-0.15, -0.1) is 12.4 Å². The molecule has 108 valence electrons. The van der Waals surface area contributed by atoms with Crippen molar-refractivity contribution < 1.29 is 4.74 Å². The average Bonchev–Trinajstić information content (AvgIpc) is 2.99. The minimum Gasteiger partial charge on any atom is -0.497 e. The Bertz CT molecular complexity index is 578. The summed E-state index contributed by atoms with van der Waals surface area (Å²) < 4.78 is 5.26. The van der Waals surface area contributed by atoms with Crippen molar-refractivity contribution >= 4 is 23.2 Å². The van der Waals surface area contributed by atoms with E-state index in [1.54, 1.807) is 7.11 Å². The Hall–Kier alpha value is -1.25. The fraction of sp³-hybridized carbons (Fsp3) is 0.412. The van der Waals surface area contributed by atoms with Crippen LogP contribution < -0.4 is 10.5 Å². The van der Waals surface area contributed by atoms with Crippen molar-refractivity contribution in [2.45, 2.75) is 31.7 Å². The summed E-state index contributed by atoms with van der Waals surface area (Å²) in [6.07, 6.45) is 5.23. The van der Waals surface area contributed by atoms with Crippen LogP contribution in [0.3, 0.4) is 0 Å². The van der Waals surface area contributed by atoms with E-state index < -0.39 is 0 Å². The summed E-state index contributed by atoms with van der Waals surface area (Å²) >= 11 is 0. The van der Waals surface area contributed by atoms with E-state index in [2.05, 4.69) is 30.3 Å². The number of rotatable bonds is 3. The van der Waals surface area contributed by atoms with E-state index in [-0.39, 0.29) is 18.4 Å². The van der Waals surface area contributed by atoms with Gasteiger partial charge < -0.3 is 10.5 Å². The molecule has 0 aliphatic heterocycles. The summed E-state index contributed by atoms with van der Waals surface area (Å²) in [5, 5.41) is 2.45. The molecule has 0 radical (unpaired) electrons. The third-order valence-corrected chi connectivity index (χ3v) is 4.36. The first kappa shape index (κ1) is 15.1. The van der Waals surface area contributed by atoms with Crippen LogP contribution in [0.15, 0.2) is 36.4 Å². The highest BCUT2D eigenvalue weighted by Crippen LogP contribution is 2.35. The van der Waals surface area contributed by atoms with Gasteiger partial charge in [0.05, 0.1) is 7.11 Å². The summed E-state index contributed by atoms with van der Waals surface area (Å²) in [5.41, 5.74) is 7.69. The van der Waals surface area contributed by atoms with Gasteiger partial charge in [0, 0.05) is 6.04 Å². The first-order valence-corrected chi connectivity index (χ1v) is 7.11. The minimum absolute atomic E-state index is 0. The number of ether oxygens (including phenoxy) is 1. The lowest BCUT2D eigenvalue weighted by molar-refractivity contribution is 0.415. The van der Waals surface area contributed by atoms with E-state index >= 15 is 0 Å². The molecule has 0 unspecified atom stereocenters. The van der Waals surface area contributed by atoms with Crippen LogP contribution in [-0.2, 0) is 0 Å². The van der Waals surface area contributed by atoms with Crippen molar-refractivity contribution in [3.05, 3.63) is 42.0 Å². The smallest absolute Gasteiger partial charge is 0.119 e. The van der Waals surface area contributed by atoms with Gasteiger partial charge in [0.15, 0.2) is 0 Å². The molecule has 0 amide bonds. The standard InChI is InChI=1S/C17H21NO.ClH/c1-19-16-9-8-13-10-15(7-6-14(13)11-16)17(18)12-4-2-3-5-12;/h6-12,17H,2-5,18H2,1H3;1H/t17-;/m1./s1. The molecule has 0 saturated heterocycles. The molecule has 1 aliphatic rings. The number of hydrogen-bond donors (Lipinski definition) is 1. The molecule has 3 rings (SSSR count). The van der Waals surface area contributed by atoms with Gasteiger partial charge in [-0.25, -0.2) is 0 Å². The molecule has 1 fully saturated rings. The highest BCUT2D eigenvalue weighted by Gasteiger charge is 2.23. The van der Waals surface area contributed by atoms with Crippen molar-refractivity contribution in [2.24, 2.45) is 11.7 Å². The number of fused-ring (bicyclic) bond motifs is 1. The van der Waals surface area contributed by atoms with Gasteiger partial charge in [0.25, 0.3) is 0 Å². The zero-order valence-corrected chi connectivity index (χ0v) is 12.7. The Balaban J connectivity index is 0.00000147. The summed E-state index contributed by atoms with van der Waals surface area (Å²) in [6.45, 7) is 0. The second-order valence-electron chi connectivity index (χ2n) is 5.54. The molecule has 0 aromatic heterocycles. The number of methoxy groups -OCH3 is 1. The van der Waals surface area contributed by atoms with Crippen molar-refractivity contribution in [2.75, 3.05) is 7.11 Å². The van der Waals surface area contributed by atoms with Gasteiger partial charge in [-0.3, -0.25) is 0 Å². The molecule has 1 aliphatic carbocycles. The lowest BCUT2D eigenvalue weighted by Gasteiger charge is -2.19. The maximum Gasteiger partial charge on any atom is 0.119 e. The molecule has 2 N–H and O–H groups in total. The minimum atomic E-state index is 0. The molecule has 1 atom stereocenters. The molecule has 2 nitrogen and oxygen atoms in total. The average molecular weight is 292 g/mol. The Labute approximate surface area is 126 Å². The zero-order chi connectivity index (χ0) is 13.2. The number of hydrogen-bond acceptors (Lipinski definition) is 2. The van der Waals surface area contributed by atoms with E-state index in [0.717, 1.165) is 5.75 Å². The van der Waals surface area contributed by atoms with Crippen molar-refractivity contribution in [3.8, 4) is 5.75 Å². The van der Waals surface area contributed by atoms with Crippen molar-refractivity contribution in [1.82, 2.24) is 0 Å². The van der Waals surface area contributed by atoms with Crippen LogP contribution >= 0.6 is 12.4 Å². The lowest BCUT2D eigenvalue weighted by atomic mass is 9.91. The quantitative estimate of drug-likeness (QED) is 0.906. The molecule has 0 bridgehead atoms. The normalized spacial score (nSPS) is 16.9. The predicted molar refractivity (Wildman–Crippen MR) is 86.6 cm³/mol. The molecule has 3 heteroatoms. The maximum atomic E-state index is 6.42. The molecular formula is C17H22ClNO. The summed E-state index contributed by atoms with van der Waals surface area (Å²) in [7, 11) is 1.70. The van der Waals surface area contributed by atoms with Crippen LogP contribution in [-0.4, -0.2) is 7.11 Å². The van der Waals surface area contributed by atoms with Gasteiger partial charge in [0.2, 0.25) is 0 Å². The Morgan fingerprint density at radius 1 is 1.05 bits per heavy atom. The molecule has 0 heterocycles. The number of benzene rings is 2. The molecule has 0 spiro atoms. The van der Waals surface area contributed by atoms with Gasteiger partial charge in [0.1, 0.15) is 5.75 Å². The SMILES string of the molecule is COc1ccc2cc([C@H](N)C3CCCC3)ccc2c1.Cl. The summed E-state index contributed by atoms with van der Waals surface area (Å²) in [5.74, 6) is 1.57. The number of halogens is 1. The highest BCUT2D eigenvalue weighted by atomic mass is 35.5. The van der Waals surface area contributed by atoms with Gasteiger partial charge in [-0.2, -0.15) is 0 Å². The summed E-state index contributed by atoms with van der Waals surface area (Å²) in [6, 6.07) is 12.9. The summed E-state index contributed by atoms with van der Waals surface area (Å²) in [4.78, 5) is 0. The van der Waals surface area contributed by atoms with Crippen LogP contribution in [0.4, 0.5) is 0 Å². The Kier molecular flexibility index (Phi) is 4.90. The third-order valence-electron chi connectivity index (χ3n) is 4.36. The fourth-order valence-corrected chi connectivity index (χ4v) is 3.17. The first-order valence-electron chi connectivity index (χ1n) is 7.11. The predicted octanol–water partition coefficient (Wildman–Crippen LogP) is 4.46. The highest BCUT2D eigenvalue weighted by molar-refractivity contribution is 5.85. The Morgan fingerprint density at radius 3 is 2.40 bits per heavy atom. The van der Waals surface area contributed by atoms with Gasteiger partial charge >= 0.3 is 0 Å². The number of nitrogens with two attached hydrogens (primary N) is 1. The van der Waals surface area contributed by atoms with Gasteiger partial charge in [-0.05, 0) is 53.3 Å². The lowest BCUT2D eigenvalue weighted by Crippen LogP contribution is -2.18. The maximum absolute atomic E-state index is 6.42. The second-order valence-corrected chi connectivity index (χ2v) is 5.54. The van der Waals surface area contributed by atoms with Crippen molar-refractivity contribution in [1.29, 1.82) is 0 Å². The first-order chi connectivity index (χ1) is 9.28. The van der Waals surface area contributed by atoms with E-state index in [1.165, 1.54) is 42.0 Å². The fourth-order valence-electron chi connectivity index (χ4n) is 3.17. The molecular weight excluding hydrogens is 270 g/mol. The van der Waals surface area contributed by atoms with E-state index in [9.17, 15) is 0 Å². The topological polar surface area (TPSA) is 35.2 Å². The molecule has 20 heavy (non-hydrogen) atoms. The van der Waals surface area contributed by atoms with Crippen LogP contribution in [0.25, 0.3) is 10.8 Å². The van der Waals surface area contributed by atoms with Gasteiger partial charge in [-0.1, -0.05) is 31.0 Å². The van der Waals surface area contributed by atoms with E-state index in [4.69, 9.17) is 10.5 Å². The Morgan fingerprint density at radius 2 is 1.70 bits per heavy atom. The van der Waals surface area contributed by atoms with E-state index in [0.29, 0.717) is 5.92 Å². The van der Waals surface area contributed by atoms with Crippen LogP contribution in [0.1, 0.15) is 37.3 Å². The molecule has 2 aromatic carbocycles. The molecule has 1 saturated carbocycles. The molecule has 2 aromatic rings. The van der Waals surface area contributed by atoms with Crippen LogP contribution in [0, 0.1) is 5.92 Å². The largest absolute Gasteiger partial charge is 0.497 e. The van der Waals surface area contributed by atoms with Crippen LogP contribution in [0.5, 0.6) is 5.75 Å². The second kappa shape index (κ2) is 6.47. The van der Waals surface area contributed by atoms with E-state index in [1.807, 2.05) is 6.07 Å².